The van der Waals surface area contributed by atoms with Gasteiger partial charge in [-0.05, 0) is 6.92 Å². The first-order valence-electron chi connectivity index (χ1n) is 2.05. The van der Waals surface area contributed by atoms with Crippen LogP contribution in [0, 0.1) is 0 Å². The van der Waals surface area contributed by atoms with Crippen LogP contribution in [0.2, 0.25) is 0 Å². The predicted octanol–water partition coefficient (Wildman–Crippen LogP) is -0.940. The third-order valence-electron chi connectivity index (χ3n) is 0.264. The Balaban J connectivity index is 0. The van der Waals surface area contributed by atoms with E-state index in [2.05, 4.69) is 0 Å². The van der Waals surface area contributed by atoms with E-state index >= 15 is 0 Å². The van der Waals surface area contributed by atoms with Crippen LogP contribution in [0.1, 0.15) is 6.92 Å². The maximum Gasteiger partial charge on any atom is 0.290 e. The molecule has 0 heterocycles. The number of rotatable bonds is 1. The smallest absolute Gasteiger partial charge is 0.290 e. The molecule has 3 N–H and O–H groups in total. The highest BCUT2D eigenvalue weighted by molar-refractivity contribution is 5.32. The number of hydrogen-bond donors (Lipinski definition) is 3. The molecule has 0 rings (SSSR count). The molecule has 0 aromatic rings. The summed E-state index contributed by atoms with van der Waals surface area (Å²) >= 11 is 0. The van der Waals surface area contributed by atoms with Gasteiger partial charge in [-0.3, -0.25) is 4.79 Å². The van der Waals surface area contributed by atoms with E-state index in [4.69, 9.17) is 20.1 Å². The van der Waals surface area contributed by atoms with Crippen molar-refractivity contribution in [2.24, 2.45) is 0 Å². The van der Waals surface area contributed by atoms with Crippen LogP contribution >= 0.6 is 0 Å². The second kappa shape index (κ2) is 9.63. The average Bonchev–Trinajstić information content (AvgIpc) is 1.69. The summed E-state index contributed by atoms with van der Waals surface area (Å²) in [7, 11) is 0. The quantitative estimate of drug-likeness (QED) is 0.392. The maximum absolute atomic E-state index is 8.36. The van der Waals surface area contributed by atoms with Crippen LogP contribution in [0.3, 0.4) is 0 Å². The Labute approximate surface area is 47.4 Å². The van der Waals surface area contributed by atoms with Gasteiger partial charge in [0.2, 0.25) is 0 Å². The minimum absolute atomic E-state index is 0.139. The Morgan fingerprint density at radius 1 is 1.75 bits per heavy atom. The number of aliphatic hydroxyl groups excluding tert-OH is 2. The zero-order valence-electron chi connectivity index (χ0n) is 4.61. The van der Waals surface area contributed by atoms with Crippen molar-refractivity contribution in [3.8, 4) is 0 Å². The number of carboxylic acid groups (broad SMARTS) is 1. The topological polar surface area (TPSA) is 77.8 Å². The molecule has 0 saturated heterocycles. The molecular formula is C4H10O4. The SMILES string of the molecule is CC(O)CO.O=CO. The Kier molecular flexibility index (Phi) is 12.5. The van der Waals surface area contributed by atoms with E-state index in [1.165, 1.54) is 6.92 Å². The van der Waals surface area contributed by atoms with Crippen molar-refractivity contribution in [3.63, 3.8) is 0 Å². The summed E-state index contributed by atoms with van der Waals surface area (Å²) in [5.41, 5.74) is 0. The lowest BCUT2D eigenvalue weighted by Gasteiger charge is -1.90. The summed E-state index contributed by atoms with van der Waals surface area (Å²) in [4.78, 5) is 8.36. The second-order valence-electron chi connectivity index (χ2n) is 1.14. The van der Waals surface area contributed by atoms with Crippen LogP contribution in [-0.4, -0.2) is 34.5 Å². The van der Waals surface area contributed by atoms with Crippen molar-refractivity contribution in [1.29, 1.82) is 0 Å². The molecule has 0 radical (unpaired) electrons. The summed E-state index contributed by atoms with van der Waals surface area (Å²) in [6.45, 7) is 1.14. The fourth-order valence-corrected chi connectivity index (χ4v) is 0. The van der Waals surface area contributed by atoms with Crippen LogP contribution < -0.4 is 0 Å². The standard InChI is InChI=1S/C3H8O2.CH2O2/c1-3(5)2-4;2-1-3/h3-5H,2H2,1H3;1H,(H,2,3). The molecule has 1 unspecified atom stereocenters. The number of hydrogen-bond acceptors (Lipinski definition) is 3. The van der Waals surface area contributed by atoms with Gasteiger partial charge in [0.1, 0.15) is 0 Å². The van der Waals surface area contributed by atoms with Crippen molar-refractivity contribution in [3.05, 3.63) is 0 Å². The van der Waals surface area contributed by atoms with Crippen molar-refractivity contribution in [1.82, 2.24) is 0 Å². The molecule has 0 aliphatic heterocycles. The highest BCUT2D eigenvalue weighted by Crippen LogP contribution is 1.68. The maximum atomic E-state index is 8.36. The largest absolute Gasteiger partial charge is 0.483 e. The molecule has 0 spiro atoms. The molecule has 8 heavy (non-hydrogen) atoms. The normalized spacial score (nSPS) is 10.9. The fourth-order valence-electron chi connectivity index (χ4n) is 0. The molecule has 4 nitrogen and oxygen atoms in total. The molecule has 0 fully saturated rings. The highest BCUT2D eigenvalue weighted by Gasteiger charge is 1.83. The summed E-state index contributed by atoms with van der Waals surface area (Å²) in [6, 6.07) is 0. The van der Waals surface area contributed by atoms with Crippen molar-refractivity contribution in [2.75, 3.05) is 6.61 Å². The average molecular weight is 122 g/mol. The molecule has 0 saturated carbocycles. The lowest BCUT2D eigenvalue weighted by atomic mass is 10.5. The van der Waals surface area contributed by atoms with E-state index in [1.807, 2.05) is 0 Å². The van der Waals surface area contributed by atoms with Crippen LogP contribution in [-0.2, 0) is 4.79 Å². The number of aliphatic hydroxyl groups is 2. The molecule has 0 amide bonds. The van der Waals surface area contributed by atoms with Gasteiger partial charge in [0.05, 0.1) is 12.7 Å². The van der Waals surface area contributed by atoms with E-state index < -0.39 is 6.10 Å². The molecule has 0 aliphatic rings. The van der Waals surface area contributed by atoms with Gasteiger partial charge in [-0.15, -0.1) is 0 Å². The van der Waals surface area contributed by atoms with Crippen LogP contribution in [0.5, 0.6) is 0 Å². The van der Waals surface area contributed by atoms with E-state index in [-0.39, 0.29) is 13.1 Å². The zero-order valence-corrected chi connectivity index (χ0v) is 4.61. The summed E-state index contributed by atoms with van der Waals surface area (Å²) in [5.74, 6) is 0. The van der Waals surface area contributed by atoms with E-state index in [1.54, 1.807) is 0 Å². The van der Waals surface area contributed by atoms with Crippen molar-refractivity contribution < 1.29 is 20.1 Å². The van der Waals surface area contributed by atoms with Gasteiger partial charge in [-0.2, -0.15) is 0 Å². The van der Waals surface area contributed by atoms with E-state index in [9.17, 15) is 0 Å². The summed E-state index contributed by atoms with van der Waals surface area (Å²) in [6.07, 6.45) is -0.560. The lowest BCUT2D eigenvalue weighted by molar-refractivity contribution is -0.122. The molecule has 0 aromatic heterocycles. The van der Waals surface area contributed by atoms with Gasteiger partial charge in [0.15, 0.2) is 0 Å². The monoisotopic (exact) mass is 122 g/mol. The third-order valence-corrected chi connectivity index (χ3v) is 0.264. The minimum atomic E-state index is -0.560. The molecule has 50 valence electrons. The Morgan fingerprint density at radius 2 is 1.88 bits per heavy atom. The fraction of sp³-hybridized carbons (Fsp3) is 0.750. The summed E-state index contributed by atoms with van der Waals surface area (Å²) < 4.78 is 0. The molecular weight excluding hydrogens is 112 g/mol. The predicted molar refractivity (Wildman–Crippen MR) is 27.5 cm³/mol. The molecule has 0 aromatic carbocycles. The third kappa shape index (κ3) is 53.8. The van der Waals surface area contributed by atoms with Gasteiger partial charge in [-0.25, -0.2) is 0 Å². The Hall–Kier alpha value is -0.610. The molecule has 0 bridgehead atoms. The molecule has 0 aliphatic carbocycles. The first-order chi connectivity index (χ1) is 3.68. The second-order valence-corrected chi connectivity index (χ2v) is 1.14. The zero-order chi connectivity index (χ0) is 6.99. The minimum Gasteiger partial charge on any atom is -0.483 e. The Morgan fingerprint density at radius 3 is 1.88 bits per heavy atom. The van der Waals surface area contributed by atoms with Gasteiger partial charge >= 0.3 is 0 Å². The summed E-state index contributed by atoms with van der Waals surface area (Å²) in [5, 5.41) is 22.9. The van der Waals surface area contributed by atoms with Gasteiger partial charge in [0.25, 0.3) is 6.47 Å². The van der Waals surface area contributed by atoms with E-state index in [0.29, 0.717) is 0 Å². The number of carbonyl (C=O) groups is 1. The van der Waals surface area contributed by atoms with Gasteiger partial charge in [0, 0.05) is 0 Å². The molecule has 1 atom stereocenters. The first kappa shape index (κ1) is 10.4. The molecule has 4 heteroatoms. The van der Waals surface area contributed by atoms with Crippen molar-refractivity contribution in [2.45, 2.75) is 13.0 Å². The lowest BCUT2D eigenvalue weighted by Crippen LogP contribution is -2.03. The Bertz CT molecular complexity index is 43.3. The highest BCUT2D eigenvalue weighted by atomic mass is 16.3. The van der Waals surface area contributed by atoms with E-state index in [0.717, 1.165) is 0 Å². The van der Waals surface area contributed by atoms with Crippen LogP contribution in [0.15, 0.2) is 0 Å². The van der Waals surface area contributed by atoms with Crippen LogP contribution in [0.4, 0.5) is 0 Å². The van der Waals surface area contributed by atoms with Crippen LogP contribution in [0.25, 0.3) is 0 Å². The van der Waals surface area contributed by atoms with Gasteiger partial charge in [-0.1, -0.05) is 0 Å². The van der Waals surface area contributed by atoms with Crippen molar-refractivity contribution >= 4 is 6.47 Å². The first-order valence-corrected chi connectivity index (χ1v) is 2.05. The van der Waals surface area contributed by atoms with Gasteiger partial charge < -0.3 is 15.3 Å².